The zero-order chi connectivity index (χ0) is 52.9. The van der Waals surface area contributed by atoms with E-state index >= 15 is 0 Å². The topological polar surface area (TPSA) is 54.6 Å². The summed E-state index contributed by atoms with van der Waals surface area (Å²) in [5.74, 6) is 13.6. The molecule has 0 spiro atoms. The SMILES string of the molecule is C1CCC(C2CC(C3CCC(C4CCC(N5C6CCCCC6C6CCC7C8CCCCC8N(C8CCC(C9CCC(C%10CC(C%11CCCCC%11)NC(C%11CCCCC%11)N%10)CC9)CC8)C7C65)CC4)CC3)NC(C3CCCCC3)N2)CC1. The molecule has 6 heteroatoms. The van der Waals surface area contributed by atoms with E-state index in [9.17, 15) is 0 Å². The molecule has 4 N–H and O–H groups in total. The highest BCUT2D eigenvalue weighted by atomic mass is 15.4. The summed E-state index contributed by atoms with van der Waals surface area (Å²) >= 11 is 0. The van der Waals surface area contributed by atoms with E-state index in [0.717, 1.165) is 143 Å². The van der Waals surface area contributed by atoms with Crippen LogP contribution in [0.2, 0.25) is 0 Å². The highest BCUT2D eigenvalue weighted by molar-refractivity contribution is 5.18. The molecule has 15 rings (SSSR count). The van der Waals surface area contributed by atoms with Crippen molar-refractivity contribution in [1.82, 2.24) is 31.1 Å². The second-order valence-electron chi connectivity index (χ2n) is 33.4. The average Bonchev–Trinajstić information content (AvgIpc) is 4.29. The Bertz CT molecular complexity index is 1710. The van der Waals surface area contributed by atoms with Gasteiger partial charge < -0.3 is 0 Å². The third-order valence-electron chi connectivity index (χ3n) is 29.9. The van der Waals surface area contributed by atoms with Gasteiger partial charge in [0.1, 0.15) is 0 Å². The maximum absolute atomic E-state index is 4.41. The molecule has 0 amide bonds. The zero-order valence-electron chi connectivity index (χ0n) is 51.8. The smallest absolute Gasteiger partial charge is 0.0605 e. The lowest BCUT2D eigenvalue weighted by Gasteiger charge is -2.52. The Balaban J connectivity index is 0.584. The maximum atomic E-state index is 4.41. The van der Waals surface area contributed by atoms with Gasteiger partial charge in [-0.05, 0) is 288 Å². The lowest BCUT2D eigenvalue weighted by atomic mass is 9.65. The quantitative estimate of drug-likeness (QED) is 0.175. The first kappa shape index (κ1) is 56.3. The molecular weight excluding hydrogens is 973 g/mol. The first-order valence-electron chi connectivity index (χ1n) is 38.2. The normalized spacial score (nSPS) is 49.4. The van der Waals surface area contributed by atoms with E-state index in [4.69, 9.17) is 0 Å². The molecule has 80 heavy (non-hydrogen) atoms. The Labute approximate surface area is 492 Å². The monoisotopic (exact) mass is 1100 g/mol. The Morgan fingerprint density at radius 1 is 0.200 bits per heavy atom. The molecule has 4 heterocycles. The summed E-state index contributed by atoms with van der Waals surface area (Å²) in [6.07, 6.45) is 74.0. The zero-order valence-corrected chi connectivity index (χ0v) is 51.8. The minimum atomic E-state index is 0.595. The third kappa shape index (κ3) is 11.6. The minimum absolute atomic E-state index is 0.595. The lowest BCUT2D eigenvalue weighted by molar-refractivity contribution is -0.0295. The van der Waals surface area contributed by atoms with Gasteiger partial charge in [0.2, 0.25) is 0 Å². The van der Waals surface area contributed by atoms with E-state index in [2.05, 4.69) is 31.1 Å². The second kappa shape index (κ2) is 25.8. The van der Waals surface area contributed by atoms with E-state index in [-0.39, 0.29) is 0 Å². The molecule has 14 atom stereocenters. The van der Waals surface area contributed by atoms with Crippen LogP contribution in [0.3, 0.4) is 0 Å². The van der Waals surface area contributed by atoms with Crippen molar-refractivity contribution in [3.63, 3.8) is 0 Å². The van der Waals surface area contributed by atoms with Gasteiger partial charge >= 0.3 is 0 Å². The Hall–Kier alpha value is -0.240. The molecule has 0 radical (unpaired) electrons. The average molecular weight is 1100 g/mol. The van der Waals surface area contributed by atoms with Crippen LogP contribution < -0.4 is 21.3 Å². The molecule has 0 bridgehead atoms. The number of rotatable bonds is 10. The van der Waals surface area contributed by atoms with Gasteiger partial charge in [-0.25, -0.2) is 0 Å². The van der Waals surface area contributed by atoms with Crippen LogP contribution in [-0.2, 0) is 0 Å². The Kier molecular flexibility index (Phi) is 18.2. The fourth-order valence-electron chi connectivity index (χ4n) is 25.9. The lowest BCUT2D eigenvalue weighted by Crippen LogP contribution is -2.64. The van der Waals surface area contributed by atoms with Gasteiger partial charge in [-0.1, -0.05) is 103 Å². The molecule has 0 aromatic rings. The van der Waals surface area contributed by atoms with Gasteiger partial charge in [-0.3, -0.25) is 31.1 Å². The van der Waals surface area contributed by atoms with E-state index in [1.165, 1.54) is 193 Å². The summed E-state index contributed by atoms with van der Waals surface area (Å²) in [5, 5.41) is 17.5. The Morgan fingerprint density at radius 3 is 0.800 bits per heavy atom. The molecule has 0 aromatic carbocycles. The van der Waals surface area contributed by atoms with Crippen molar-refractivity contribution in [3.8, 4) is 0 Å². The van der Waals surface area contributed by atoms with Crippen molar-refractivity contribution in [2.45, 2.75) is 381 Å². The van der Waals surface area contributed by atoms with Gasteiger partial charge in [-0.2, -0.15) is 0 Å². The van der Waals surface area contributed by atoms with Crippen LogP contribution in [0.15, 0.2) is 0 Å². The fourth-order valence-corrected chi connectivity index (χ4v) is 25.9. The number of hydrogen-bond donors (Lipinski definition) is 4. The molecular formula is C74H126N6. The molecule has 0 aromatic heterocycles. The van der Waals surface area contributed by atoms with Crippen molar-refractivity contribution in [2.24, 2.45) is 82.9 Å². The van der Waals surface area contributed by atoms with E-state index in [1.807, 2.05) is 0 Å². The maximum Gasteiger partial charge on any atom is 0.0605 e. The number of fused-ring (bicyclic) bond motifs is 7. The largest absolute Gasteiger partial charge is 0.299 e. The van der Waals surface area contributed by atoms with Crippen LogP contribution in [0.5, 0.6) is 0 Å². The summed E-state index contributed by atoms with van der Waals surface area (Å²) < 4.78 is 0. The van der Waals surface area contributed by atoms with Gasteiger partial charge in [0, 0.05) is 60.4 Å². The summed E-state index contributed by atoms with van der Waals surface area (Å²) in [4.78, 5) is 7.01. The molecule has 15 aliphatic rings. The second-order valence-corrected chi connectivity index (χ2v) is 33.4. The molecule has 11 aliphatic carbocycles. The van der Waals surface area contributed by atoms with Crippen molar-refractivity contribution < 1.29 is 0 Å². The molecule has 15 fully saturated rings. The van der Waals surface area contributed by atoms with Gasteiger partial charge in [0.25, 0.3) is 0 Å². The van der Waals surface area contributed by atoms with Crippen LogP contribution in [-0.4, -0.2) is 82.5 Å². The first-order valence-corrected chi connectivity index (χ1v) is 38.2. The van der Waals surface area contributed by atoms with Crippen LogP contribution in [0, 0.1) is 82.9 Å². The van der Waals surface area contributed by atoms with Crippen LogP contribution in [0.1, 0.15) is 308 Å². The van der Waals surface area contributed by atoms with Crippen LogP contribution >= 0.6 is 0 Å². The molecule has 11 saturated carbocycles. The summed E-state index contributed by atoms with van der Waals surface area (Å²) in [5.41, 5.74) is 0. The van der Waals surface area contributed by atoms with Crippen LogP contribution in [0.4, 0.5) is 0 Å². The highest BCUT2D eigenvalue weighted by Gasteiger charge is 2.64. The number of nitrogens with zero attached hydrogens (tertiary/aromatic N) is 2. The minimum Gasteiger partial charge on any atom is -0.299 e. The van der Waals surface area contributed by atoms with Crippen molar-refractivity contribution in [3.05, 3.63) is 0 Å². The number of likely N-dealkylation sites (tertiary alicyclic amines) is 2. The number of nitrogens with one attached hydrogen (secondary N) is 4. The van der Waals surface area contributed by atoms with Gasteiger partial charge in [-0.15, -0.1) is 0 Å². The van der Waals surface area contributed by atoms with Crippen molar-refractivity contribution >= 4 is 0 Å². The number of hydrogen-bond acceptors (Lipinski definition) is 6. The molecule has 4 saturated heterocycles. The summed E-state index contributed by atoms with van der Waals surface area (Å²) in [6, 6.07) is 8.53. The molecule has 452 valence electrons. The van der Waals surface area contributed by atoms with Crippen LogP contribution in [0.25, 0.3) is 0 Å². The van der Waals surface area contributed by atoms with Gasteiger partial charge in [0.05, 0.1) is 12.3 Å². The fraction of sp³-hybridized carbons (Fsp3) is 1.00. The van der Waals surface area contributed by atoms with Gasteiger partial charge in [0.15, 0.2) is 0 Å². The predicted molar refractivity (Wildman–Crippen MR) is 332 cm³/mol. The molecule has 6 nitrogen and oxygen atoms in total. The molecule has 14 unspecified atom stereocenters. The highest BCUT2D eigenvalue weighted by Crippen LogP contribution is 2.61. The van der Waals surface area contributed by atoms with E-state index in [0.29, 0.717) is 12.3 Å². The van der Waals surface area contributed by atoms with E-state index in [1.54, 1.807) is 116 Å². The van der Waals surface area contributed by atoms with E-state index < -0.39 is 0 Å². The van der Waals surface area contributed by atoms with Crippen molar-refractivity contribution in [1.29, 1.82) is 0 Å². The third-order valence-corrected chi connectivity index (χ3v) is 29.9. The predicted octanol–water partition coefficient (Wildman–Crippen LogP) is 16.8. The Morgan fingerprint density at radius 2 is 0.463 bits per heavy atom. The molecule has 4 aliphatic heterocycles. The summed E-state index contributed by atoms with van der Waals surface area (Å²) in [7, 11) is 0. The standard InChI is InChI=1S/C74H126N6/c1-5-17-53(18-6-1)65-47-67(77-73(75-65)57-21-9-3-10-22-57)55-33-29-49(30-34-55)51-37-41-59(42-38-51)79-69-27-15-13-25-61(69)63-45-46-64-62-26-14-16-28-70(62)80(72(64)71(63)79)60-43-39-52(40-44-60)50-31-35-56(36-32-50)68-48-66(54-19-7-2-8-20-54)76-74(78-68)58-23-11-4-12-24-58/h49-78H,1-48H2. The van der Waals surface area contributed by atoms with Crippen molar-refractivity contribution in [2.75, 3.05) is 0 Å². The first-order chi connectivity index (χ1) is 39.6. The summed E-state index contributed by atoms with van der Waals surface area (Å²) in [6.45, 7) is 0.